The van der Waals surface area contributed by atoms with Crippen molar-refractivity contribution in [1.29, 1.82) is 0 Å². The van der Waals surface area contributed by atoms with Crippen LogP contribution in [0, 0.1) is 0 Å². The first-order chi connectivity index (χ1) is 7.92. The molecule has 0 fully saturated rings. The Morgan fingerprint density at radius 2 is 2.12 bits per heavy atom. The van der Waals surface area contributed by atoms with E-state index in [0.717, 1.165) is 16.8 Å². The van der Waals surface area contributed by atoms with Crippen LogP contribution in [-0.4, -0.2) is 12.1 Å². The quantitative estimate of drug-likeness (QED) is 0.832. The fraction of sp³-hybridized carbons (Fsp3) is 0.429. The van der Waals surface area contributed by atoms with Crippen molar-refractivity contribution in [3.63, 3.8) is 0 Å². The summed E-state index contributed by atoms with van der Waals surface area (Å²) in [5.41, 5.74) is 1.30. The van der Waals surface area contributed by atoms with Gasteiger partial charge in [-0.2, -0.15) is 0 Å². The molecule has 1 aromatic carbocycles. The Kier molecular flexibility index (Phi) is 5.22. The molecule has 0 heterocycles. The van der Waals surface area contributed by atoms with E-state index in [-0.39, 0.29) is 5.54 Å². The second-order valence-corrected chi connectivity index (χ2v) is 5.81. The maximum absolute atomic E-state index is 5.52. The highest BCUT2D eigenvalue weighted by Crippen LogP contribution is 2.23. The Hall–Kier alpha value is -0.800. The first kappa shape index (κ1) is 14.3. The predicted octanol–water partition coefficient (Wildman–Crippen LogP) is 3.90. The summed E-state index contributed by atoms with van der Waals surface area (Å²) in [7, 11) is 0. The van der Waals surface area contributed by atoms with Crippen molar-refractivity contribution in [3.8, 4) is 5.75 Å². The van der Waals surface area contributed by atoms with Crippen LogP contribution in [0.5, 0.6) is 5.75 Å². The topological polar surface area (TPSA) is 21.3 Å². The van der Waals surface area contributed by atoms with Gasteiger partial charge in [-0.3, -0.25) is 0 Å². The van der Waals surface area contributed by atoms with Crippen molar-refractivity contribution in [2.75, 3.05) is 6.61 Å². The number of nitrogens with one attached hydrogen (secondary N) is 1. The Balaban J connectivity index is 2.72. The minimum Gasteiger partial charge on any atom is -0.490 e. The van der Waals surface area contributed by atoms with E-state index in [4.69, 9.17) is 4.74 Å². The number of rotatable bonds is 5. The van der Waals surface area contributed by atoms with E-state index in [1.165, 1.54) is 5.56 Å². The summed E-state index contributed by atoms with van der Waals surface area (Å²) in [6.45, 7) is 11.4. The van der Waals surface area contributed by atoms with Crippen LogP contribution in [0.4, 0.5) is 0 Å². The first-order valence-corrected chi connectivity index (χ1v) is 6.49. The Morgan fingerprint density at radius 1 is 1.41 bits per heavy atom. The van der Waals surface area contributed by atoms with Gasteiger partial charge in [0.1, 0.15) is 12.4 Å². The van der Waals surface area contributed by atoms with Crippen molar-refractivity contribution < 1.29 is 4.74 Å². The first-order valence-electron chi connectivity index (χ1n) is 5.69. The van der Waals surface area contributed by atoms with Crippen LogP contribution >= 0.6 is 15.9 Å². The minimum atomic E-state index is 0.109. The fourth-order valence-electron chi connectivity index (χ4n) is 1.29. The van der Waals surface area contributed by atoms with E-state index in [0.29, 0.717) is 6.61 Å². The molecule has 0 atom stereocenters. The van der Waals surface area contributed by atoms with Gasteiger partial charge >= 0.3 is 0 Å². The molecule has 0 saturated heterocycles. The van der Waals surface area contributed by atoms with Crippen LogP contribution in [0.15, 0.2) is 35.3 Å². The summed E-state index contributed by atoms with van der Waals surface area (Å²) < 4.78 is 6.61. The molecular formula is C14H20BrNO. The molecule has 1 N–H and O–H groups in total. The highest BCUT2D eigenvalue weighted by atomic mass is 79.9. The third-order valence-electron chi connectivity index (χ3n) is 2.19. The van der Waals surface area contributed by atoms with Crippen LogP contribution in [0.1, 0.15) is 26.3 Å². The number of ether oxygens (including phenoxy) is 1. The second-order valence-electron chi connectivity index (χ2n) is 4.96. The van der Waals surface area contributed by atoms with Crippen molar-refractivity contribution in [2.24, 2.45) is 0 Å². The Labute approximate surface area is 112 Å². The molecule has 94 valence electrons. The molecular weight excluding hydrogens is 278 g/mol. The van der Waals surface area contributed by atoms with Crippen molar-refractivity contribution >= 4 is 15.9 Å². The molecule has 2 nitrogen and oxygen atoms in total. The number of hydrogen-bond donors (Lipinski definition) is 1. The van der Waals surface area contributed by atoms with Gasteiger partial charge in [0.2, 0.25) is 0 Å². The molecule has 3 heteroatoms. The third-order valence-corrected chi connectivity index (χ3v) is 2.97. The van der Waals surface area contributed by atoms with Crippen molar-refractivity contribution in [1.82, 2.24) is 5.32 Å². The molecule has 0 amide bonds. The van der Waals surface area contributed by atoms with Crippen LogP contribution in [0.2, 0.25) is 0 Å². The minimum absolute atomic E-state index is 0.109. The van der Waals surface area contributed by atoms with E-state index in [1.807, 2.05) is 18.2 Å². The molecule has 0 aliphatic carbocycles. The zero-order valence-corrected chi connectivity index (χ0v) is 12.3. The normalized spacial score (nSPS) is 11.3. The Bertz CT molecular complexity index is 382. The van der Waals surface area contributed by atoms with E-state index < -0.39 is 0 Å². The fourth-order valence-corrected chi connectivity index (χ4v) is 1.68. The lowest BCUT2D eigenvalue weighted by atomic mass is 10.1. The maximum Gasteiger partial charge on any atom is 0.120 e. The molecule has 1 aromatic rings. The molecule has 0 unspecified atom stereocenters. The largest absolute Gasteiger partial charge is 0.490 e. The van der Waals surface area contributed by atoms with Crippen molar-refractivity contribution in [2.45, 2.75) is 32.9 Å². The molecule has 0 radical (unpaired) electrons. The zero-order valence-electron chi connectivity index (χ0n) is 10.7. The van der Waals surface area contributed by atoms with Gasteiger partial charge in [0.05, 0.1) is 0 Å². The third kappa shape index (κ3) is 5.37. The maximum atomic E-state index is 5.52. The van der Waals surface area contributed by atoms with Gasteiger partial charge < -0.3 is 10.1 Å². The summed E-state index contributed by atoms with van der Waals surface area (Å²) in [6.07, 6.45) is 1.75. The molecule has 0 saturated carbocycles. The summed E-state index contributed by atoms with van der Waals surface area (Å²) in [4.78, 5) is 0. The van der Waals surface area contributed by atoms with Gasteiger partial charge in [0.15, 0.2) is 0 Å². The number of hydrogen-bond acceptors (Lipinski definition) is 2. The SMILES string of the molecule is C=CCOc1ccc(Br)c(CNC(C)(C)C)c1. The predicted molar refractivity (Wildman–Crippen MR) is 76.4 cm³/mol. The molecule has 0 aliphatic heterocycles. The van der Waals surface area contributed by atoms with Crippen LogP contribution in [-0.2, 0) is 6.54 Å². The number of halogens is 1. The standard InChI is InChI=1S/C14H20BrNO/c1-5-8-17-12-6-7-13(15)11(9-12)10-16-14(2,3)4/h5-7,9,16H,1,8,10H2,2-4H3. The average molecular weight is 298 g/mol. The molecule has 1 rings (SSSR count). The van der Waals surface area contributed by atoms with Gasteiger partial charge in [-0.1, -0.05) is 28.6 Å². The summed E-state index contributed by atoms with van der Waals surface area (Å²) >= 11 is 3.55. The van der Waals surface area contributed by atoms with Gasteiger partial charge in [-0.25, -0.2) is 0 Å². The second kappa shape index (κ2) is 6.22. The summed E-state index contributed by atoms with van der Waals surface area (Å²) in [6, 6.07) is 6.01. The summed E-state index contributed by atoms with van der Waals surface area (Å²) in [5.74, 6) is 0.874. The van der Waals surface area contributed by atoms with Gasteiger partial charge in [-0.15, -0.1) is 0 Å². The van der Waals surface area contributed by atoms with E-state index in [2.05, 4.69) is 48.6 Å². The molecule has 17 heavy (non-hydrogen) atoms. The van der Waals surface area contributed by atoms with Gasteiger partial charge in [0.25, 0.3) is 0 Å². The van der Waals surface area contributed by atoms with Gasteiger partial charge in [0, 0.05) is 16.6 Å². The van der Waals surface area contributed by atoms with Crippen LogP contribution in [0.25, 0.3) is 0 Å². The average Bonchev–Trinajstić information content (AvgIpc) is 2.25. The monoisotopic (exact) mass is 297 g/mol. The lowest BCUT2D eigenvalue weighted by molar-refractivity contribution is 0.362. The zero-order chi connectivity index (χ0) is 12.9. The lowest BCUT2D eigenvalue weighted by Gasteiger charge is -2.21. The van der Waals surface area contributed by atoms with Gasteiger partial charge in [-0.05, 0) is 44.5 Å². The number of benzene rings is 1. The highest BCUT2D eigenvalue weighted by molar-refractivity contribution is 9.10. The van der Waals surface area contributed by atoms with Crippen molar-refractivity contribution in [3.05, 3.63) is 40.9 Å². The van der Waals surface area contributed by atoms with Crippen LogP contribution < -0.4 is 10.1 Å². The van der Waals surface area contributed by atoms with E-state index >= 15 is 0 Å². The molecule has 0 aromatic heterocycles. The van der Waals surface area contributed by atoms with Crippen LogP contribution in [0.3, 0.4) is 0 Å². The smallest absolute Gasteiger partial charge is 0.120 e. The lowest BCUT2D eigenvalue weighted by Crippen LogP contribution is -2.35. The molecule has 0 spiro atoms. The Morgan fingerprint density at radius 3 is 2.71 bits per heavy atom. The molecule has 0 aliphatic rings. The highest BCUT2D eigenvalue weighted by Gasteiger charge is 2.10. The summed E-state index contributed by atoms with van der Waals surface area (Å²) in [5, 5.41) is 3.46. The van der Waals surface area contributed by atoms with E-state index in [1.54, 1.807) is 6.08 Å². The molecule has 0 bridgehead atoms. The van der Waals surface area contributed by atoms with E-state index in [9.17, 15) is 0 Å².